The highest BCUT2D eigenvalue weighted by Gasteiger charge is 2.26. The van der Waals surface area contributed by atoms with E-state index in [1.807, 2.05) is 20.8 Å². The maximum absolute atomic E-state index is 12.0. The SMILES string of the molecule is CC(C)(C)OC(=O)N1CC=C(C2CCOCC2)CC1. The van der Waals surface area contributed by atoms with Crippen LogP contribution in [0.4, 0.5) is 4.79 Å². The molecular formula is C15H25NO3. The van der Waals surface area contributed by atoms with Crippen molar-refractivity contribution in [2.45, 2.75) is 45.6 Å². The van der Waals surface area contributed by atoms with Crippen LogP contribution in [0.15, 0.2) is 11.6 Å². The molecule has 2 aliphatic heterocycles. The summed E-state index contributed by atoms with van der Waals surface area (Å²) in [5.41, 5.74) is 1.09. The second kappa shape index (κ2) is 5.95. The van der Waals surface area contributed by atoms with Gasteiger partial charge in [-0.25, -0.2) is 4.79 Å². The van der Waals surface area contributed by atoms with E-state index in [0.29, 0.717) is 12.5 Å². The van der Waals surface area contributed by atoms with Crippen LogP contribution in [0, 0.1) is 5.92 Å². The van der Waals surface area contributed by atoms with Crippen LogP contribution in [-0.2, 0) is 9.47 Å². The van der Waals surface area contributed by atoms with Gasteiger partial charge in [-0.05, 0) is 46.0 Å². The number of carbonyl (C=O) groups excluding carboxylic acids is 1. The molecule has 0 N–H and O–H groups in total. The van der Waals surface area contributed by atoms with Crippen molar-refractivity contribution in [1.29, 1.82) is 0 Å². The van der Waals surface area contributed by atoms with Crippen LogP contribution < -0.4 is 0 Å². The highest BCUT2D eigenvalue weighted by Crippen LogP contribution is 2.28. The Morgan fingerprint density at radius 1 is 1.37 bits per heavy atom. The minimum atomic E-state index is -0.415. The lowest BCUT2D eigenvalue weighted by Crippen LogP contribution is -2.40. The summed E-state index contributed by atoms with van der Waals surface area (Å²) >= 11 is 0. The fourth-order valence-corrected chi connectivity index (χ4v) is 2.62. The van der Waals surface area contributed by atoms with Gasteiger partial charge in [0.2, 0.25) is 0 Å². The number of amides is 1. The molecule has 108 valence electrons. The minimum Gasteiger partial charge on any atom is -0.444 e. The first-order chi connectivity index (χ1) is 8.96. The molecule has 0 aromatic rings. The molecule has 1 saturated heterocycles. The highest BCUT2D eigenvalue weighted by atomic mass is 16.6. The third-order valence-electron chi connectivity index (χ3n) is 3.64. The van der Waals surface area contributed by atoms with E-state index in [4.69, 9.17) is 9.47 Å². The number of ether oxygens (including phenoxy) is 2. The molecule has 2 rings (SSSR count). The Bertz CT molecular complexity index is 351. The van der Waals surface area contributed by atoms with Crippen LogP contribution in [-0.4, -0.2) is 42.9 Å². The molecule has 0 radical (unpaired) electrons. The maximum atomic E-state index is 12.0. The molecular weight excluding hydrogens is 242 g/mol. The number of rotatable bonds is 1. The monoisotopic (exact) mass is 267 g/mol. The molecule has 19 heavy (non-hydrogen) atoms. The first-order valence-electron chi connectivity index (χ1n) is 7.20. The van der Waals surface area contributed by atoms with E-state index in [-0.39, 0.29) is 6.09 Å². The van der Waals surface area contributed by atoms with Crippen LogP contribution in [0.3, 0.4) is 0 Å². The summed E-state index contributed by atoms with van der Waals surface area (Å²) < 4.78 is 10.8. The topological polar surface area (TPSA) is 38.8 Å². The van der Waals surface area contributed by atoms with Crippen LogP contribution in [0.1, 0.15) is 40.0 Å². The van der Waals surface area contributed by atoms with Crippen molar-refractivity contribution in [3.63, 3.8) is 0 Å². The highest BCUT2D eigenvalue weighted by molar-refractivity contribution is 5.68. The van der Waals surface area contributed by atoms with Crippen molar-refractivity contribution in [3.05, 3.63) is 11.6 Å². The first kappa shape index (κ1) is 14.4. The maximum Gasteiger partial charge on any atom is 0.410 e. The number of hydrogen-bond donors (Lipinski definition) is 0. The summed E-state index contributed by atoms with van der Waals surface area (Å²) in [5.74, 6) is 0.662. The molecule has 0 spiro atoms. The van der Waals surface area contributed by atoms with Gasteiger partial charge in [0, 0.05) is 26.3 Å². The average molecular weight is 267 g/mol. The lowest BCUT2D eigenvalue weighted by atomic mass is 9.88. The van der Waals surface area contributed by atoms with E-state index in [1.54, 1.807) is 4.90 Å². The van der Waals surface area contributed by atoms with Crippen LogP contribution in [0.2, 0.25) is 0 Å². The summed E-state index contributed by atoms with van der Waals surface area (Å²) in [4.78, 5) is 13.7. The van der Waals surface area contributed by atoms with Gasteiger partial charge in [-0.2, -0.15) is 0 Å². The lowest BCUT2D eigenvalue weighted by molar-refractivity contribution is 0.0257. The Balaban J connectivity index is 1.86. The van der Waals surface area contributed by atoms with E-state index < -0.39 is 5.60 Å². The van der Waals surface area contributed by atoms with E-state index in [9.17, 15) is 4.79 Å². The summed E-state index contributed by atoms with van der Waals surface area (Å²) in [5, 5.41) is 0. The summed E-state index contributed by atoms with van der Waals surface area (Å²) in [7, 11) is 0. The Kier molecular flexibility index (Phi) is 4.50. The van der Waals surface area contributed by atoms with Crippen molar-refractivity contribution < 1.29 is 14.3 Å². The molecule has 4 heteroatoms. The van der Waals surface area contributed by atoms with Crippen molar-refractivity contribution >= 4 is 6.09 Å². The predicted octanol–water partition coefficient (Wildman–Crippen LogP) is 2.98. The number of carbonyl (C=O) groups is 1. The van der Waals surface area contributed by atoms with E-state index in [2.05, 4.69) is 6.08 Å². The second-order valence-corrected chi connectivity index (χ2v) is 6.34. The smallest absolute Gasteiger partial charge is 0.410 e. The molecule has 2 heterocycles. The van der Waals surface area contributed by atoms with Gasteiger partial charge in [-0.15, -0.1) is 0 Å². The van der Waals surface area contributed by atoms with Crippen molar-refractivity contribution in [2.75, 3.05) is 26.3 Å². The van der Waals surface area contributed by atoms with Gasteiger partial charge >= 0.3 is 6.09 Å². The Hall–Kier alpha value is -1.03. The van der Waals surface area contributed by atoms with Gasteiger partial charge in [0.25, 0.3) is 0 Å². The zero-order valence-electron chi connectivity index (χ0n) is 12.3. The standard InChI is InChI=1S/C15H25NO3/c1-15(2,3)19-14(17)16-8-4-12(5-9-16)13-6-10-18-11-7-13/h4,13H,5-11H2,1-3H3. The average Bonchev–Trinajstić information content (AvgIpc) is 2.38. The third kappa shape index (κ3) is 4.23. The molecule has 1 amide bonds. The van der Waals surface area contributed by atoms with Gasteiger partial charge in [0.05, 0.1) is 0 Å². The third-order valence-corrected chi connectivity index (χ3v) is 3.64. The molecule has 0 aromatic heterocycles. The molecule has 0 atom stereocenters. The first-order valence-corrected chi connectivity index (χ1v) is 7.20. The van der Waals surface area contributed by atoms with E-state index >= 15 is 0 Å². The van der Waals surface area contributed by atoms with Crippen LogP contribution >= 0.6 is 0 Å². The van der Waals surface area contributed by atoms with Gasteiger partial charge < -0.3 is 14.4 Å². The van der Waals surface area contributed by atoms with Gasteiger partial charge in [0.1, 0.15) is 5.60 Å². The van der Waals surface area contributed by atoms with Crippen molar-refractivity contribution in [1.82, 2.24) is 4.90 Å². The summed E-state index contributed by atoms with van der Waals surface area (Å²) in [6, 6.07) is 0. The predicted molar refractivity (Wildman–Crippen MR) is 74.1 cm³/mol. The quantitative estimate of drug-likeness (QED) is 0.686. The molecule has 2 aliphatic rings. The summed E-state index contributed by atoms with van der Waals surface area (Å²) in [6.07, 6.45) is 5.24. The Labute approximate surface area is 115 Å². The molecule has 1 fully saturated rings. The van der Waals surface area contributed by atoms with Crippen molar-refractivity contribution in [2.24, 2.45) is 5.92 Å². The second-order valence-electron chi connectivity index (χ2n) is 6.34. The van der Waals surface area contributed by atoms with Crippen LogP contribution in [0.25, 0.3) is 0 Å². The molecule has 0 saturated carbocycles. The zero-order valence-corrected chi connectivity index (χ0v) is 12.3. The molecule has 4 nitrogen and oxygen atoms in total. The zero-order chi connectivity index (χ0) is 13.9. The van der Waals surface area contributed by atoms with Gasteiger partial charge in [-0.3, -0.25) is 0 Å². The fourth-order valence-electron chi connectivity index (χ4n) is 2.62. The molecule has 0 unspecified atom stereocenters. The fraction of sp³-hybridized carbons (Fsp3) is 0.800. The van der Waals surface area contributed by atoms with E-state index in [0.717, 1.165) is 39.0 Å². The Morgan fingerprint density at radius 2 is 2.05 bits per heavy atom. The molecule has 0 aliphatic carbocycles. The lowest BCUT2D eigenvalue weighted by Gasteiger charge is -2.32. The summed E-state index contributed by atoms with van der Waals surface area (Å²) in [6.45, 7) is 8.91. The Morgan fingerprint density at radius 3 is 2.58 bits per heavy atom. The normalized spacial score (nSPS) is 22.1. The van der Waals surface area contributed by atoms with Gasteiger partial charge in [0.15, 0.2) is 0 Å². The van der Waals surface area contributed by atoms with Crippen molar-refractivity contribution in [3.8, 4) is 0 Å². The van der Waals surface area contributed by atoms with E-state index in [1.165, 1.54) is 5.57 Å². The molecule has 0 aromatic carbocycles. The molecule has 0 bridgehead atoms. The number of hydrogen-bond acceptors (Lipinski definition) is 3. The van der Waals surface area contributed by atoms with Gasteiger partial charge in [-0.1, -0.05) is 11.6 Å². The van der Waals surface area contributed by atoms with Crippen LogP contribution in [0.5, 0.6) is 0 Å². The number of nitrogens with zero attached hydrogens (tertiary/aromatic N) is 1. The largest absolute Gasteiger partial charge is 0.444 e. The minimum absolute atomic E-state index is 0.199.